The first-order valence-electron chi connectivity index (χ1n) is 4.89. The average molecular weight is 184 g/mol. The van der Waals surface area contributed by atoms with Crippen molar-refractivity contribution in [2.24, 2.45) is 11.7 Å². The van der Waals surface area contributed by atoms with Crippen LogP contribution in [-0.2, 0) is 0 Å². The van der Waals surface area contributed by atoms with Crippen molar-refractivity contribution < 1.29 is 5.11 Å². The van der Waals surface area contributed by atoms with Crippen molar-refractivity contribution in [2.45, 2.75) is 19.4 Å². The number of nitrogens with zero attached hydrogens (tertiary/aromatic N) is 1. The van der Waals surface area contributed by atoms with Crippen molar-refractivity contribution in [3.05, 3.63) is 12.2 Å². The number of nitrogens with two attached hydrogens (primary N) is 1. The highest BCUT2D eigenvalue weighted by Crippen LogP contribution is 2.16. The van der Waals surface area contributed by atoms with Gasteiger partial charge in [-0.3, -0.25) is 4.90 Å². The van der Waals surface area contributed by atoms with Crippen molar-refractivity contribution in [2.75, 3.05) is 26.2 Å². The molecule has 0 saturated carbocycles. The zero-order valence-corrected chi connectivity index (χ0v) is 8.37. The standard InChI is InChI=1S/C10H20N2O/c1-8-3-10(13)7-12(5-8)6-9(2)4-11/h8,10,13H,2-7,11H2,1H3. The SMILES string of the molecule is C=C(CN)CN1CC(C)CC(O)C1. The number of β-amino-alcohol motifs (C(OH)–C–C–N with tert-alkyl or cyclic N) is 1. The van der Waals surface area contributed by atoms with Gasteiger partial charge in [-0.1, -0.05) is 13.5 Å². The molecule has 0 aromatic rings. The predicted octanol–water partition coefficient (Wildman–Crippen LogP) is 0.204. The molecule has 0 aliphatic carbocycles. The topological polar surface area (TPSA) is 49.5 Å². The lowest BCUT2D eigenvalue weighted by molar-refractivity contribution is 0.0495. The smallest absolute Gasteiger partial charge is 0.0670 e. The molecule has 0 spiro atoms. The van der Waals surface area contributed by atoms with Crippen LogP contribution >= 0.6 is 0 Å². The molecule has 0 aromatic heterocycles. The fourth-order valence-electron chi connectivity index (χ4n) is 1.94. The van der Waals surface area contributed by atoms with Crippen LogP contribution in [0, 0.1) is 5.92 Å². The fraction of sp³-hybridized carbons (Fsp3) is 0.800. The van der Waals surface area contributed by atoms with Crippen LogP contribution in [0.3, 0.4) is 0 Å². The summed E-state index contributed by atoms with van der Waals surface area (Å²) in [5.41, 5.74) is 6.51. The highest BCUT2D eigenvalue weighted by Gasteiger charge is 2.22. The molecule has 3 heteroatoms. The highest BCUT2D eigenvalue weighted by molar-refractivity contribution is 4.99. The van der Waals surface area contributed by atoms with Crippen molar-refractivity contribution in [1.29, 1.82) is 0 Å². The molecule has 2 unspecified atom stereocenters. The van der Waals surface area contributed by atoms with Crippen molar-refractivity contribution in [3.8, 4) is 0 Å². The van der Waals surface area contributed by atoms with Gasteiger partial charge in [-0.25, -0.2) is 0 Å². The van der Waals surface area contributed by atoms with E-state index in [-0.39, 0.29) is 6.10 Å². The summed E-state index contributed by atoms with van der Waals surface area (Å²) in [6.45, 7) is 9.23. The molecular formula is C10H20N2O. The number of aliphatic hydroxyl groups excluding tert-OH is 1. The van der Waals surface area contributed by atoms with Crippen LogP contribution < -0.4 is 5.73 Å². The van der Waals surface area contributed by atoms with Gasteiger partial charge in [-0.15, -0.1) is 0 Å². The number of likely N-dealkylation sites (tertiary alicyclic amines) is 1. The Morgan fingerprint density at radius 2 is 2.31 bits per heavy atom. The Kier molecular flexibility index (Phi) is 3.90. The van der Waals surface area contributed by atoms with Gasteiger partial charge in [0.05, 0.1) is 6.10 Å². The van der Waals surface area contributed by atoms with Gasteiger partial charge in [0.25, 0.3) is 0 Å². The third-order valence-corrected chi connectivity index (χ3v) is 2.45. The second-order valence-electron chi connectivity index (χ2n) is 4.14. The summed E-state index contributed by atoms with van der Waals surface area (Å²) in [5, 5.41) is 9.53. The van der Waals surface area contributed by atoms with E-state index >= 15 is 0 Å². The molecule has 0 radical (unpaired) electrons. The van der Waals surface area contributed by atoms with Crippen LogP contribution in [-0.4, -0.2) is 42.3 Å². The van der Waals surface area contributed by atoms with Crippen LogP contribution in [0.2, 0.25) is 0 Å². The summed E-state index contributed by atoms with van der Waals surface area (Å²) in [7, 11) is 0. The molecule has 3 N–H and O–H groups in total. The maximum Gasteiger partial charge on any atom is 0.0670 e. The summed E-state index contributed by atoms with van der Waals surface area (Å²) in [6.07, 6.45) is 0.750. The Labute approximate surface area is 80.2 Å². The normalized spacial score (nSPS) is 30.4. The Balaban J connectivity index is 2.37. The summed E-state index contributed by atoms with van der Waals surface area (Å²) in [6, 6.07) is 0. The Hall–Kier alpha value is -0.380. The summed E-state index contributed by atoms with van der Waals surface area (Å²) in [5.74, 6) is 0.578. The van der Waals surface area contributed by atoms with Gasteiger partial charge in [0, 0.05) is 26.2 Å². The minimum atomic E-state index is -0.172. The summed E-state index contributed by atoms with van der Waals surface area (Å²) >= 11 is 0. The number of aliphatic hydroxyl groups is 1. The summed E-state index contributed by atoms with van der Waals surface area (Å²) in [4.78, 5) is 2.23. The molecule has 0 aromatic carbocycles. The van der Waals surface area contributed by atoms with Gasteiger partial charge in [0.2, 0.25) is 0 Å². The molecule has 1 aliphatic heterocycles. The number of hydrogen-bond donors (Lipinski definition) is 2. The Morgan fingerprint density at radius 1 is 1.62 bits per heavy atom. The van der Waals surface area contributed by atoms with E-state index in [1.54, 1.807) is 0 Å². The highest BCUT2D eigenvalue weighted by atomic mass is 16.3. The van der Waals surface area contributed by atoms with Gasteiger partial charge in [0.1, 0.15) is 0 Å². The van der Waals surface area contributed by atoms with Crippen molar-refractivity contribution >= 4 is 0 Å². The van der Waals surface area contributed by atoms with Gasteiger partial charge in [0.15, 0.2) is 0 Å². The van der Waals surface area contributed by atoms with Crippen LogP contribution in [0.4, 0.5) is 0 Å². The molecular weight excluding hydrogens is 164 g/mol. The first kappa shape index (κ1) is 10.7. The van der Waals surface area contributed by atoms with E-state index in [0.29, 0.717) is 12.5 Å². The Bertz CT molecular complexity index is 172. The van der Waals surface area contributed by atoms with Crippen molar-refractivity contribution in [3.63, 3.8) is 0 Å². The second kappa shape index (κ2) is 4.74. The predicted molar refractivity (Wildman–Crippen MR) is 54.4 cm³/mol. The second-order valence-corrected chi connectivity index (χ2v) is 4.14. The molecule has 1 heterocycles. The molecule has 1 saturated heterocycles. The molecule has 76 valence electrons. The first-order valence-corrected chi connectivity index (χ1v) is 4.89. The molecule has 0 bridgehead atoms. The minimum absolute atomic E-state index is 0.172. The third-order valence-electron chi connectivity index (χ3n) is 2.45. The molecule has 0 amide bonds. The monoisotopic (exact) mass is 184 g/mol. The molecule has 2 atom stereocenters. The molecule has 13 heavy (non-hydrogen) atoms. The minimum Gasteiger partial charge on any atom is -0.392 e. The van der Waals surface area contributed by atoms with E-state index in [4.69, 9.17) is 5.73 Å². The van der Waals surface area contributed by atoms with E-state index in [1.807, 2.05) is 0 Å². The van der Waals surface area contributed by atoms with Gasteiger partial charge >= 0.3 is 0 Å². The molecule has 1 aliphatic rings. The fourth-order valence-corrected chi connectivity index (χ4v) is 1.94. The van der Waals surface area contributed by atoms with E-state index in [0.717, 1.165) is 31.6 Å². The average Bonchev–Trinajstić information content (AvgIpc) is 2.02. The van der Waals surface area contributed by atoms with Gasteiger partial charge in [-0.05, 0) is 17.9 Å². The van der Waals surface area contributed by atoms with E-state index < -0.39 is 0 Å². The van der Waals surface area contributed by atoms with Gasteiger partial charge in [-0.2, -0.15) is 0 Å². The van der Waals surface area contributed by atoms with Crippen molar-refractivity contribution in [1.82, 2.24) is 4.90 Å². The van der Waals surface area contributed by atoms with Crippen LogP contribution in [0.5, 0.6) is 0 Å². The lowest BCUT2D eigenvalue weighted by atomic mass is 9.97. The quantitative estimate of drug-likeness (QED) is 0.616. The van der Waals surface area contributed by atoms with Crippen LogP contribution in [0.1, 0.15) is 13.3 Å². The van der Waals surface area contributed by atoms with E-state index in [1.165, 1.54) is 0 Å². The maximum absolute atomic E-state index is 9.53. The molecule has 1 rings (SSSR count). The Morgan fingerprint density at radius 3 is 2.85 bits per heavy atom. The lowest BCUT2D eigenvalue weighted by Crippen LogP contribution is -2.43. The third kappa shape index (κ3) is 3.46. The zero-order chi connectivity index (χ0) is 9.84. The zero-order valence-electron chi connectivity index (χ0n) is 8.37. The number of piperidine rings is 1. The number of rotatable bonds is 3. The number of hydrogen-bond acceptors (Lipinski definition) is 3. The van der Waals surface area contributed by atoms with Crippen LogP contribution in [0.25, 0.3) is 0 Å². The first-order chi connectivity index (χ1) is 6.11. The maximum atomic E-state index is 9.53. The largest absolute Gasteiger partial charge is 0.392 e. The van der Waals surface area contributed by atoms with E-state index in [2.05, 4.69) is 18.4 Å². The molecule has 3 nitrogen and oxygen atoms in total. The van der Waals surface area contributed by atoms with Crippen LogP contribution in [0.15, 0.2) is 12.2 Å². The summed E-state index contributed by atoms with van der Waals surface area (Å²) < 4.78 is 0. The molecule has 1 fully saturated rings. The van der Waals surface area contributed by atoms with Gasteiger partial charge < -0.3 is 10.8 Å². The lowest BCUT2D eigenvalue weighted by Gasteiger charge is -2.34. The van der Waals surface area contributed by atoms with E-state index in [9.17, 15) is 5.11 Å².